The Kier molecular flexibility index (Phi) is 2.63. The molecule has 1 heterocycles. The molecule has 12 heavy (non-hydrogen) atoms. The first-order valence-electron chi connectivity index (χ1n) is 3.55. The molecule has 0 unspecified atom stereocenters. The fourth-order valence-electron chi connectivity index (χ4n) is 0.635. The maximum absolute atomic E-state index is 11.1. The van der Waals surface area contributed by atoms with Gasteiger partial charge in [-0.15, -0.1) is 0 Å². The Bertz CT molecular complexity index is 267. The molecule has 0 aromatic carbocycles. The van der Waals surface area contributed by atoms with Crippen LogP contribution in [0.15, 0.2) is 31.4 Å². The Labute approximate surface area is 70.5 Å². The summed E-state index contributed by atoms with van der Waals surface area (Å²) in [6.45, 7) is 5.23. The van der Waals surface area contributed by atoms with Crippen molar-refractivity contribution in [1.82, 2.24) is 9.55 Å². The van der Waals surface area contributed by atoms with Crippen molar-refractivity contribution in [3.05, 3.63) is 31.4 Å². The van der Waals surface area contributed by atoms with Gasteiger partial charge in [-0.3, -0.25) is 0 Å². The van der Waals surface area contributed by atoms with E-state index in [0.717, 1.165) is 0 Å². The summed E-state index contributed by atoms with van der Waals surface area (Å²) < 4.78 is 6.17. The second-order valence-corrected chi connectivity index (χ2v) is 2.29. The topological polar surface area (TPSA) is 44.1 Å². The number of aromatic nitrogens is 2. The van der Waals surface area contributed by atoms with Gasteiger partial charge in [0.05, 0.1) is 0 Å². The summed E-state index contributed by atoms with van der Waals surface area (Å²) in [7, 11) is 0. The highest BCUT2D eigenvalue weighted by Crippen LogP contribution is 1.96. The minimum atomic E-state index is -0.445. The molecule has 0 spiro atoms. The molecule has 0 aliphatic heterocycles. The van der Waals surface area contributed by atoms with Gasteiger partial charge < -0.3 is 4.74 Å². The van der Waals surface area contributed by atoms with Crippen molar-refractivity contribution < 1.29 is 9.53 Å². The van der Waals surface area contributed by atoms with E-state index in [9.17, 15) is 4.79 Å². The van der Waals surface area contributed by atoms with Crippen molar-refractivity contribution in [2.45, 2.75) is 13.0 Å². The SMILES string of the molecule is C=C[C@@H](C)OC(=O)n1ccnc1. The molecule has 1 atom stereocenters. The largest absolute Gasteiger partial charge is 0.442 e. The van der Waals surface area contributed by atoms with Gasteiger partial charge in [-0.25, -0.2) is 14.3 Å². The summed E-state index contributed by atoms with van der Waals surface area (Å²) in [5, 5.41) is 0. The average Bonchev–Trinajstić information content (AvgIpc) is 2.56. The van der Waals surface area contributed by atoms with Crippen molar-refractivity contribution in [2.75, 3.05) is 0 Å². The van der Waals surface area contributed by atoms with Gasteiger partial charge in [0.1, 0.15) is 12.4 Å². The lowest BCUT2D eigenvalue weighted by Gasteiger charge is -2.07. The van der Waals surface area contributed by atoms with E-state index in [1.165, 1.54) is 23.3 Å². The fourth-order valence-corrected chi connectivity index (χ4v) is 0.635. The molecule has 0 saturated heterocycles. The molecule has 4 nitrogen and oxygen atoms in total. The minimum absolute atomic E-state index is 0.278. The zero-order chi connectivity index (χ0) is 8.97. The summed E-state index contributed by atoms with van der Waals surface area (Å²) in [4.78, 5) is 14.8. The van der Waals surface area contributed by atoms with Crippen molar-refractivity contribution in [3.63, 3.8) is 0 Å². The molecule has 0 aliphatic carbocycles. The number of hydrogen-bond acceptors (Lipinski definition) is 3. The highest BCUT2D eigenvalue weighted by Gasteiger charge is 2.06. The molecule has 0 amide bonds. The van der Waals surface area contributed by atoms with E-state index < -0.39 is 6.09 Å². The lowest BCUT2D eigenvalue weighted by Crippen LogP contribution is -2.17. The first kappa shape index (κ1) is 8.52. The van der Waals surface area contributed by atoms with Crippen LogP contribution in [0.25, 0.3) is 0 Å². The van der Waals surface area contributed by atoms with Crippen molar-refractivity contribution in [3.8, 4) is 0 Å². The van der Waals surface area contributed by atoms with E-state index >= 15 is 0 Å². The summed E-state index contributed by atoms with van der Waals surface area (Å²) in [6, 6.07) is 0. The Hall–Kier alpha value is -1.58. The molecule has 0 N–H and O–H groups in total. The van der Waals surface area contributed by atoms with Gasteiger partial charge in [-0.1, -0.05) is 12.7 Å². The van der Waals surface area contributed by atoms with Crippen LogP contribution < -0.4 is 0 Å². The molecule has 0 radical (unpaired) electrons. The molecule has 64 valence electrons. The first-order chi connectivity index (χ1) is 5.74. The van der Waals surface area contributed by atoms with Crippen LogP contribution in [0.2, 0.25) is 0 Å². The maximum Gasteiger partial charge on any atom is 0.419 e. The summed E-state index contributed by atoms with van der Waals surface area (Å²) >= 11 is 0. The normalized spacial score (nSPS) is 12.1. The second kappa shape index (κ2) is 3.71. The van der Waals surface area contributed by atoms with E-state index in [4.69, 9.17) is 4.74 Å². The predicted octanol–water partition coefficient (Wildman–Crippen LogP) is 1.44. The first-order valence-corrected chi connectivity index (χ1v) is 3.55. The molecule has 0 bridgehead atoms. The number of ether oxygens (including phenoxy) is 1. The third-order valence-corrected chi connectivity index (χ3v) is 1.33. The predicted molar refractivity (Wildman–Crippen MR) is 43.8 cm³/mol. The van der Waals surface area contributed by atoms with Crippen LogP contribution >= 0.6 is 0 Å². The van der Waals surface area contributed by atoms with E-state index in [1.54, 1.807) is 13.0 Å². The third kappa shape index (κ3) is 1.95. The Morgan fingerprint density at radius 2 is 2.58 bits per heavy atom. The van der Waals surface area contributed by atoms with Gasteiger partial charge in [0, 0.05) is 12.4 Å². The van der Waals surface area contributed by atoms with E-state index in [-0.39, 0.29) is 6.10 Å². The third-order valence-electron chi connectivity index (χ3n) is 1.33. The molecule has 1 rings (SSSR count). The van der Waals surface area contributed by atoms with Crippen LogP contribution in [0.5, 0.6) is 0 Å². The highest BCUT2D eigenvalue weighted by atomic mass is 16.6. The molecule has 0 aliphatic rings. The van der Waals surface area contributed by atoms with Crippen LogP contribution in [0.4, 0.5) is 4.79 Å². The van der Waals surface area contributed by atoms with Crippen molar-refractivity contribution >= 4 is 6.09 Å². The quantitative estimate of drug-likeness (QED) is 0.624. The Balaban J connectivity index is 2.55. The Morgan fingerprint density at radius 1 is 1.83 bits per heavy atom. The van der Waals surface area contributed by atoms with E-state index in [2.05, 4.69) is 11.6 Å². The Morgan fingerprint density at radius 3 is 3.08 bits per heavy atom. The van der Waals surface area contributed by atoms with Gasteiger partial charge in [0.25, 0.3) is 0 Å². The van der Waals surface area contributed by atoms with Crippen molar-refractivity contribution in [2.24, 2.45) is 0 Å². The second-order valence-electron chi connectivity index (χ2n) is 2.29. The standard InChI is InChI=1S/C8H10N2O2/c1-3-7(2)12-8(11)10-5-4-9-6-10/h3-7H,1H2,2H3/t7-/m1/s1. The van der Waals surface area contributed by atoms with Gasteiger partial charge in [-0.05, 0) is 6.92 Å². The molecule has 1 aromatic heterocycles. The number of rotatable bonds is 2. The fraction of sp³-hybridized carbons (Fsp3) is 0.250. The van der Waals surface area contributed by atoms with Gasteiger partial charge in [-0.2, -0.15) is 0 Å². The monoisotopic (exact) mass is 166 g/mol. The number of carbonyl (C=O) groups is 1. The molecule has 4 heteroatoms. The lowest BCUT2D eigenvalue weighted by molar-refractivity contribution is 0.128. The molecule has 1 aromatic rings. The minimum Gasteiger partial charge on any atom is -0.442 e. The summed E-state index contributed by atoms with van der Waals surface area (Å²) in [5.74, 6) is 0. The summed E-state index contributed by atoms with van der Waals surface area (Å²) in [6.07, 6.45) is 5.25. The van der Waals surface area contributed by atoms with Crippen LogP contribution in [-0.4, -0.2) is 21.7 Å². The van der Waals surface area contributed by atoms with E-state index in [0.29, 0.717) is 0 Å². The van der Waals surface area contributed by atoms with Gasteiger partial charge >= 0.3 is 6.09 Å². The smallest absolute Gasteiger partial charge is 0.419 e. The number of imidazole rings is 1. The number of nitrogens with zero attached hydrogens (tertiary/aromatic N) is 2. The molecule has 0 saturated carbocycles. The highest BCUT2D eigenvalue weighted by molar-refractivity contribution is 5.70. The van der Waals surface area contributed by atoms with Gasteiger partial charge in [0.15, 0.2) is 0 Å². The van der Waals surface area contributed by atoms with E-state index in [1.807, 2.05) is 0 Å². The van der Waals surface area contributed by atoms with Crippen molar-refractivity contribution in [1.29, 1.82) is 0 Å². The molecule has 0 fully saturated rings. The van der Waals surface area contributed by atoms with Gasteiger partial charge in [0.2, 0.25) is 0 Å². The lowest BCUT2D eigenvalue weighted by atomic mass is 10.4. The average molecular weight is 166 g/mol. The van der Waals surface area contributed by atoms with Crippen LogP contribution in [-0.2, 0) is 4.74 Å². The van der Waals surface area contributed by atoms with Crippen LogP contribution in [0.3, 0.4) is 0 Å². The number of carbonyl (C=O) groups excluding carboxylic acids is 1. The molecular weight excluding hydrogens is 156 g/mol. The zero-order valence-electron chi connectivity index (χ0n) is 6.80. The maximum atomic E-state index is 11.1. The van der Waals surface area contributed by atoms with Crippen LogP contribution in [0, 0.1) is 0 Å². The zero-order valence-corrected chi connectivity index (χ0v) is 6.80. The summed E-state index contributed by atoms with van der Waals surface area (Å²) in [5.41, 5.74) is 0. The molecular formula is C8H10N2O2. The van der Waals surface area contributed by atoms with Crippen LogP contribution in [0.1, 0.15) is 6.92 Å². The number of hydrogen-bond donors (Lipinski definition) is 0.